The molecule has 21 heavy (non-hydrogen) atoms. The largest absolute Gasteiger partial charge is 0.363 e. The van der Waals surface area contributed by atoms with Crippen LogP contribution in [0.25, 0.3) is 0 Å². The van der Waals surface area contributed by atoms with E-state index in [1.165, 1.54) is 0 Å². The maximum absolute atomic E-state index is 12.6. The highest BCUT2D eigenvalue weighted by atomic mass is 35.5. The van der Waals surface area contributed by atoms with Crippen molar-refractivity contribution >= 4 is 27.1 Å². The monoisotopic (exact) mass is 319 g/mol. The van der Waals surface area contributed by atoms with Gasteiger partial charge >= 0.3 is 0 Å². The van der Waals surface area contributed by atoms with Crippen molar-refractivity contribution in [3.05, 3.63) is 59.1 Å². The molecule has 0 N–H and O–H groups in total. The molecule has 2 aromatic carbocycles. The molecule has 0 radical (unpaired) electrons. The van der Waals surface area contributed by atoms with Crippen molar-refractivity contribution in [2.45, 2.75) is 22.6 Å². The molecule has 0 bridgehead atoms. The lowest BCUT2D eigenvalue weighted by Crippen LogP contribution is -2.25. The summed E-state index contributed by atoms with van der Waals surface area (Å²) in [5.41, 5.74) is 1.95. The minimum absolute atomic E-state index is 0.0765. The molecule has 4 rings (SSSR count). The van der Waals surface area contributed by atoms with Gasteiger partial charge < -0.3 is 4.90 Å². The quantitative estimate of drug-likeness (QED) is 0.808. The summed E-state index contributed by atoms with van der Waals surface area (Å²) in [6.45, 7) is 0.754. The second kappa shape index (κ2) is 4.49. The van der Waals surface area contributed by atoms with Crippen LogP contribution in [0, 0.1) is 0 Å². The molecule has 2 heterocycles. The molecule has 3 nitrogen and oxygen atoms in total. The molecule has 2 aliphatic rings. The SMILES string of the molecule is O=S1(=O)c2ccccc2[C@@H]2[C@H]1CCN2c1ccc(Cl)cc1. The van der Waals surface area contributed by atoms with Crippen LogP contribution in [0.3, 0.4) is 0 Å². The maximum atomic E-state index is 12.6. The van der Waals surface area contributed by atoms with Crippen LogP contribution < -0.4 is 4.90 Å². The molecule has 0 unspecified atom stereocenters. The lowest BCUT2D eigenvalue weighted by atomic mass is 10.0. The number of nitrogens with zero attached hydrogens (tertiary/aromatic N) is 1. The molecule has 5 heteroatoms. The Morgan fingerprint density at radius 1 is 1.05 bits per heavy atom. The fraction of sp³-hybridized carbons (Fsp3) is 0.250. The predicted molar refractivity (Wildman–Crippen MR) is 83.6 cm³/mol. The van der Waals surface area contributed by atoms with E-state index in [-0.39, 0.29) is 11.3 Å². The minimum atomic E-state index is -3.20. The van der Waals surface area contributed by atoms with E-state index in [0.29, 0.717) is 16.3 Å². The fourth-order valence-corrected chi connectivity index (χ4v) is 5.81. The Hall–Kier alpha value is -1.52. The molecular formula is C16H14ClNO2S. The number of hydrogen-bond acceptors (Lipinski definition) is 3. The van der Waals surface area contributed by atoms with Crippen LogP contribution in [0.15, 0.2) is 53.4 Å². The number of anilines is 1. The first-order valence-corrected chi connectivity index (χ1v) is 8.86. The van der Waals surface area contributed by atoms with E-state index in [4.69, 9.17) is 11.6 Å². The molecule has 0 amide bonds. The van der Waals surface area contributed by atoms with Crippen molar-refractivity contribution in [1.82, 2.24) is 0 Å². The number of sulfone groups is 1. The van der Waals surface area contributed by atoms with E-state index in [1.54, 1.807) is 12.1 Å². The number of benzene rings is 2. The topological polar surface area (TPSA) is 37.4 Å². The fourth-order valence-electron chi connectivity index (χ4n) is 3.53. The van der Waals surface area contributed by atoms with Gasteiger partial charge in [0.15, 0.2) is 9.84 Å². The summed E-state index contributed by atoms with van der Waals surface area (Å²) in [7, 11) is -3.20. The van der Waals surface area contributed by atoms with Gasteiger partial charge in [-0.2, -0.15) is 0 Å². The number of rotatable bonds is 1. The van der Waals surface area contributed by atoms with Crippen molar-refractivity contribution in [2.75, 3.05) is 11.4 Å². The third-order valence-corrected chi connectivity index (χ3v) is 6.97. The highest BCUT2D eigenvalue weighted by molar-refractivity contribution is 7.92. The molecule has 2 atom stereocenters. The van der Waals surface area contributed by atoms with Crippen LogP contribution in [0.5, 0.6) is 0 Å². The smallest absolute Gasteiger partial charge is 0.184 e. The molecule has 0 spiro atoms. The zero-order chi connectivity index (χ0) is 14.6. The van der Waals surface area contributed by atoms with Crippen LogP contribution in [-0.2, 0) is 9.84 Å². The Labute approximate surface area is 129 Å². The van der Waals surface area contributed by atoms with E-state index in [2.05, 4.69) is 4.90 Å². The minimum Gasteiger partial charge on any atom is -0.363 e. The van der Waals surface area contributed by atoms with Crippen LogP contribution in [0.1, 0.15) is 18.0 Å². The first-order chi connectivity index (χ1) is 10.1. The van der Waals surface area contributed by atoms with Crippen LogP contribution in [-0.4, -0.2) is 20.2 Å². The third kappa shape index (κ3) is 1.82. The van der Waals surface area contributed by atoms with Crippen LogP contribution in [0.4, 0.5) is 5.69 Å². The lowest BCUT2D eigenvalue weighted by molar-refractivity contribution is 0.583. The second-order valence-electron chi connectivity index (χ2n) is 5.52. The molecule has 0 aromatic heterocycles. The van der Waals surface area contributed by atoms with E-state index in [0.717, 1.165) is 17.8 Å². The zero-order valence-electron chi connectivity index (χ0n) is 11.2. The molecule has 0 aliphatic carbocycles. The van der Waals surface area contributed by atoms with Gasteiger partial charge in [0.05, 0.1) is 16.2 Å². The van der Waals surface area contributed by atoms with Crippen LogP contribution >= 0.6 is 11.6 Å². The van der Waals surface area contributed by atoms with E-state index < -0.39 is 9.84 Å². The number of fused-ring (bicyclic) bond motifs is 3. The molecule has 2 aliphatic heterocycles. The standard InChI is InChI=1S/C16H14ClNO2S/c17-11-5-7-12(8-6-11)18-10-9-15-16(18)13-3-1-2-4-14(13)21(15,19)20/h1-8,15-16H,9-10H2/t15-,16-/m1/s1. The summed E-state index contributed by atoms with van der Waals surface area (Å²) in [5, 5.41) is 0.361. The van der Waals surface area contributed by atoms with Gasteiger partial charge in [0.25, 0.3) is 0 Å². The van der Waals surface area contributed by atoms with E-state index in [9.17, 15) is 8.42 Å². The predicted octanol–water partition coefficient (Wildman–Crippen LogP) is 3.45. The summed E-state index contributed by atoms with van der Waals surface area (Å²) >= 11 is 5.94. The van der Waals surface area contributed by atoms with Gasteiger partial charge in [0.2, 0.25) is 0 Å². The first-order valence-electron chi connectivity index (χ1n) is 6.94. The Morgan fingerprint density at radius 2 is 1.76 bits per heavy atom. The Bertz CT molecular complexity index is 801. The summed E-state index contributed by atoms with van der Waals surface area (Å²) in [6, 6.07) is 14.9. The van der Waals surface area contributed by atoms with Gasteiger partial charge in [-0.25, -0.2) is 8.42 Å². The average molecular weight is 320 g/mol. The van der Waals surface area contributed by atoms with Gasteiger partial charge in [0.1, 0.15) is 0 Å². The second-order valence-corrected chi connectivity index (χ2v) is 8.10. The summed E-state index contributed by atoms with van der Waals surface area (Å²) in [6.07, 6.45) is 0.671. The van der Waals surface area contributed by atoms with E-state index >= 15 is 0 Å². The van der Waals surface area contributed by atoms with Crippen molar-refractivity contribution in [3.63, 3.8) is 0 Å². The Kier molecular flexibility index (Phi) is 2.81. The number of halogens is 1. The number of hydrogen-bond donors (Lipinski definition) is 0. The van der Waals surface area contributed by atoms with Gasteiger partial charge in [0, 0.05) is 17.3 Å². The maximum Gasteiger partial charge on any atom is 0.184 e. The van der Waals surface area contributed by atoms with E-state index in [1.807, 2.05) is 36.4 Å². The van der Waals surface area contributed by atoms with Crippen molar-refractivity contribution in [2.24, 2.45) is 0 Å². The molecule has 0 saturated carbocycles. The van der Waals surface area contributed by atoms with Crippen molar-refractivity contribution in [3.8, 4) is 0 Å². The highest BCUT2D eigenvalue weighted by Crippen LogP contribution is 2.49. The summed E-state index contributed by atoms with van der Waals surface area (Å²) in [4.78, 5) is 2.68. The van der Waals surface area contributed by atoms with Gasteiger partial charge in [-0.05, 0) is 42.3 Å². The normalized spacial score (nSPS) is 25.7. The third-order valence-electron chi connectivity index (χ3n) is 4.44. The van der Waals surface area contributed by atoms with Gasteiger partial charge in [-0.1, -0.05) is 29.8 Å². The Morgan fingerprint density at radius 3 is 2.52 bits per heavy atom. The molecule has 108 valence electrons. The summed E-state index contributed by atoms with van der Waals surface area (Å²) in [5.74, 6) is 0. The Balaban J connectivity index is 1.84. The average Bonchev–Trinajstić information content (AvgIpc) is 3.01. The van der Waals surface area contributed by atoms with Crippen LogP contribution in [0.2, 0.25) is 5.02 Å². The van der Waals surface area contributed by atoms with Gasteiger partial charge in [-0.3, -0.25) is 0 Å². The first kappa shape index (κ1) is 13.2. The molecular weight excluding hydrogens is 306 g/mol. The molecule has 2 aromatic rings. The van der Waals surface area contributed by atoms with Gasteiger partial charge in [-0.15, -0.1) is 0 Å². The zero-order valence-corrected chi connectivity index (χ0v) is 12.8. The van der Waals surface area contributed by atoms with Crippen molar-refractivity contribution < 1.29 is 8.42 Å². The lowest BCUT2D eigenvalue weighted by Gasteiger charge is -2.26. The molecule has 1 saturated heterocycles. The molecule has 1 fully saturated rings. The highest BCUT2D eigenvalue weighted by Gasteiger charge is 2.50. The summed E-state index contributed by atoms with van der Waals surface area (Å²) < 4.78 is 25.3. The van der Waals surface area contributed by atoms with Crippen molar-refractivity contribution in [1.29, 1.82) is 0 Å².